The van der Waals surface area contributed by atoms with Crippen LogP contribution in [0.3, 0.4) is 0 Å². The maximum atomic E-state index is 12.7. The van der Waals surface area contributed by atoms with Crippen molar-refractivity contribution in [3.8, 4) is 10.4 Å². The van der Waals surface area contributed by atoms with Crippen LogP contribution in [0.2, 0.25) is 0 Å². The van der Waals surface area contributed by atoms with E-state index in [4.69, 9.17) is 9.47 Å². The van der Waals surface area contributed by atoms with Gasteiger partial charge < -0.3 is 14.8 Å². The SMILES string of the molecule is COC(=O)c1cccc(/C=C/C(=O)Nc2cc(-c3cccs3)ccc2CC(=O)OC(C)(C)C)c1. The van der Waals surface area contributed by atoms with Gasteiger partial charge in [0, 0.05) is 16.6 Å². The van der Waals surface area contributed by atoms with Gasteiger partial charge in [-0.2, -0.15) is 0 Å². The molecule has 0 saturated heterocycles. The molecule has 0 fully saturated rings. The van der Waals surface area contributed by atoms with Gasteiger partial charge in [0.05, 0.1) is 19.1 Å². The number of hydrogen-bond donors (Lipinski definition) is 1. The highest BCUT2D eigenvalue weighted by molar-refractivity contribution is 7.13. The fourth-order valence-corrected chi connectivity index (χ4v) is 3.93. The first-order chi connectivity index (χ1) is 16.1. The molecule has 3 aromatic rings. The number of carbonyl (C=O) groups excluding carboxylic acids is 3. The average Bonchev–Trinajstić information content (AvgIpc) is 3.32. The van der Waals surface area contributed by atoms with Crippen LogP contribution in [0, 0.1) is 0 Å². The second-order valence-corrected chi connectivity index (χ2v) is 9.50. The smallest absolute Gasteiger partial charge is 0.337 e. The Bertz CT molecular complexity index is 1210. The lowest BCUT2D eigenvalue weighted by Crippen LogP contribution is -2.25. The number of ether oxygens (including phenoxy) is 2. The Morgan fingerprint density at radius 1 is 1.03 bits per heavy atom. The number of anilines is 1. The molecular formula is C27H27NO5S. The van der Waals surface area contributed by atoms with Crippen molar-refractivity contribution in [1.82, 2.24) is 0 Å². The standard InChI is InChI=1S/C27H27NO5S/c1-27(2,3)33-25(30)17-19-11-12-20(23-9-6-14-34-23)16-22(19)28-24(29)13-10-18-7-5-8-21(15-18)26(31)32-4/h5-16H,17H2,1-4H3,(H,28,29)/b13-10+. The van der Waals surface area contributed by atoms with Crippen molar-refractivity contribution in [3.63, 3.8) is 0 Å². The van der Waals surface area contributed by atoms with Crippen LogP contribution in [-0.2, 0) is 25.5 Å². The minimum atomic E-state index is -0.598. The summed E-state index contributed by atoms with van der Waals surface area (Å²) in [5.41, 5.74) is 2.61. The number of nitrogens with one attached hydrogen (secondary N) is 1. The Morgan fingerprint density at radius 3 is 2.50 bits per heavy atom. The van der Waals surface area contributed by atoms with Crippen molar-refractivity contribution in [2.24, 2.45) is 0 Å². The van der Waals surface area contributed by atoms with Crippen LogP contribution < -0.4 is 5.32 Å². The molecule has 1 N–H and O–H groups in total. The number of carbonyl (C=O) groups is 3. The lowest BCUT2D eigenvalue weighted by molar-refractivity contribution is -0.153. The first-order valence-corrected chi connectivity index (χ1v) is 11.6. The third kappa shape index (κ3) is 7.15. The van der Waals surface area contributed by atoms with E-state index in [9.17, 15) is 14.4 Å². The number of methoxy groups -OCH3 is 1. The van der Waals surface area contributed by atoms with Gasteiger partial charge in [0.15, 0.2) is 0 Å². The summed E-state index contributed by atoms with van der Waals surface area (Å²) in [6.07, 6.45) is 3.02. The minimum absolute atomic E-state index is 0.0303. The van der Waals surface area contributed by atoms with E-state index in [0.29, 0.717) is 22.4 Å². The largest absolute Gasteiger partial charge is 0.465 e. The highest BCUT2D eigenvalue weighted by Gasteiger charge is 2.18. The van der Waals surface area contributed by atoms with Gasteiger partial charge in [-0.05, 0) is 73.2 Å². The van der Waals surface area contributed by atoms with E-state index >= 15 is 0 Å². The zero-order valence-electron chi connectivity index (χ0n) is 19.6. The first kappa shape index (κ1) is 24.9. The molecule has 2 aromatic carbocycles. The molecule has 1 aromatic heterocycles. The first-order valence-electron chi connectivity index (χ1n) is 10.7. The molecule has 176 valence electrons. The molecule has 7 heteroatoms. The molecule has 0 saturated carbocycles. The summed E-state index contributed by atoms with van der Waals surface area (Å²) in [7, 11) is 1.32. The molecule has 0 radical (unpaired) electrons. The monoisotopic (exact) mass is 477 g/mol. The molecule has 6 nitrogen and oxygen atoms in total. The number of esters is 2. The molecule has 1 amide bonds. The van der Waals surface area contributed by atoms with Crippen LogP contribution in [0.1, 0.15) is 42.3 Å². The van der Waals surface area contributed by atoms with Crippen molar-refractivity contribution in [3.05, 3.63) is 82.7 Å². The van der Waals surface area contributed by atoms with E-state index in [2.05, 4.69) is 5.32 Å². The van der Waals surface area contributed by atoms with Crippen molar-refractivity contribution in [2.45, 2.75) is 32.8 Å². The number of rotatable bonds is 7. The number of amides is 1. The lowest BCUT2D eigenvalue weighted by Gasteiger charge is -2.20. The van der Waals surface area contributed by atoms with Gasteiger partial charge >= 0.3 is 11.9 Å². The van der Waals surface area contributed by atoms with Crippen LogP contribution in [-0.4, -0.2) is 30.6 Å². The second-order valence-electron chi connectivity index (χ2n) is 8.55. The third-order valence-corrected chi connectivity index (χ3v) is 5.58. The van der Waals surface area contributed by atoms with Gasteiger partial charge in [-0.25, -0.2) is 4.79 Å². The molecule has 0 spiro atoms. The van der Waals surface area contributed by atoms with E-state index in [0.717, 1.165) is 10.4 Å². The molecule has 0 aliphatic rings. The zero-order valence-corrected chi connectivity index (χ0v) is 20.4. The molecule has 0 bridgehead atoms. The van der Waals surface area contributed by atoms with E-state index in [1.807, 2.05) is 56.5 Å². The van der Waals surface area contributed by atoms with Crippen molar-refractivity contribution < 1.29 is 23.9 Å². The van der Waals surface area contributed by atoms with Gasteiger partial charge in [-0.1, -0.05) is 30.3 Å². The van der Waals surface area contributed by atoms with Crippen LogP contribution in [0.15, 0.2) is 66.1 Å². The molecule has 0 aliphatic carbocycles. The topological polar surface area (TPSA) is 81.7 Å². The van der Waals surface area contributed by atoms with Crippen molar-refractivity contribution in [1.29, 1.82) is 0 Å². The summed E-state index contributed by atoms with van der Waals surface area (Å²) in [6.45, 7) is 5.44. The number of benzene rings is 2. The van der Waals surface area contributed by atoms with Crippen LogP contribution >= 0.6 is 11.3 Å². The van der Waals surface area contributed by atoms with Gasteiger partial charge in [0.1, 0.15) is 5.60 Å². The third-order valence-electron chi connectivity index (χ3n) is 4.66. The molecule has 3 rings (SSSR count). The predicted molar refractivity (Wildman–Crippen MR) is 135 cm³/mol. The summed E-state index contributed by atoms with van der Waals surface area (Å²) in [6, 6.07) is 16.3. The molecule has 0 atom stereocenters. The van der Waals surface area contributed by atoms with Gasteiger partial charge in [0.25, 0.3) is 0 Å². The Kier molecular flexibility index (Phi) is 8.02. The average molecular weight is 478 g/mol. The zero-order chi connectivity index (χ0) is 24.7. The molecular weight excluding hydrogens is 450 g/mol. The summed E-state index contributed by atoms with van der Waals surface area (Å²) in [5.74, 6) is -1.18. The van der Waals surface area contributed by atoms with E-state index < -0.39 is 11.6 Å². The number of hydrogen-bond acceptors (Lipinski definition) is 6. The molecule has 0 aliphatic heterocycles. The summed E-state index contributed by atoms with van der Waals surface area (Å²) in [5, 5.41) is 4.86. The van der Waals surface area contributed by atoms with Gasteiger partial charge in [-0.3, -0.25) is 9.59 Å². The highest BCUT2D eigenvalue weighted by Crippen LogP contribution is 2.30. The van der Waals surface area contributed by atoms with E-state index in [-0.39, 0.29) is 18.3 Å². The van der Waals surface area contributed by atoms with E-state index in [1.54, 1.807) is 41.7 Å². The Labute approximate surface area is 203 Å². The van der Waals surface area contributed by atoms with Crippen LogP contribution in [0.4, 0.5) is 5.69 Å². The summed E-state index contributed by atoms with van der Waals surface area (Å²) in [4.78, 5) is 37.9. The minimum Gasteiger partial charge on any atom is -0.465 e. The Morgan fingerprint density at radius 2 is 1.82 bits per heavy atom. The fraction of sp³-hybridized carbons (Fsp3) is 0.222. The predicted octanol–water partition coefficient (Wildman–Crippen LogP) is 5.74. The Hall–Kier alpha value is -3.71. The van der Waals surface area contributed by atoms with Crippen molar-refractivity contribution >= 4 is 40.9 Å². The number of thiophene rings is 1. The van der Waals surface area contributed by atoms with Crippen molar-refractivity contribution in [2.75, 3.05) is 12.4 Å². The Balaban J connectivity index is 1.82. The van der Waals surface area contributed by atoms with E-state index in [1.165, 1.54) is 13.2 Å². The summed E-state index contributed by atoms with van der Waals surface area (Å²) >= 11 is 1.59. The van der Waals surface area contributed by atoms with Crippen LogP contribution in [0.25, 0.3) is 16.5 Å². The molecule has 34 heavy (non-hydrogen) atoms. The normalized spacial score (nSPS) is 11.3. The highest BCUT2D eigenvalue weighted by atomic mass is 32.1. The maximum Gasteiger partial charge on any atom is 0.337 e. The van der Waals surface area contributed by atoms with Gasteiger partial charge in [0.2, 0.25) is 5.91 Å². The quantitative estimate of drug-likeness (QED) is 0.347. The molecule has 1 heterocycles. The summed E-state index contributed by atoms with van der Waals surface area (Å²) < 4.78 is 10.2. The second kappa shape index (κ2) is 10.9. The lowest BCUT2D eigenvalue weighted by atomic mass is 10.0. The van der Waals surface area contributed by atoms with Gasteiger partial charge in [-0.15, -0.1) is 11.3 Å². The fourth-order valence-electron chi connectivity index (χ4n) is 3.21. The maximum absolute atomic E-state index is 12.7. The molecule has 0 unspecified atom stereocenters. The van der Waals surface area contributed by atoms with Crippen LogP contribution in [0.5, 0.6) is 0 Å².